The smallest absolute Gasteiger partial charge is 0.236 e. The Labute approximate surface area is 115 Å². The first kappa shape index (κ1) is 18.3. The van der Waals surface area contributed by atoms with E-state index in [9.17, 15) is 13.2 Å². The van der Waals surface area contributed by atoms with E-state index in [2.05, 4.69) is 15.4 Å². The molecule has 0 aromatic carbocycles. The van der Waals surface area contributed by atoms with Gasteiger partial charge < -0.3 is 15.4 Å². The molecule has 1 amide bonds. The van der Waals surface area contributed by atoms with Crippen molar-refractivity contribution in [1.29, 1.82) is 0 Å². The van der Waals surface area contributed by atoms with Crippen LogP contribution in [0, 0.1) is 0 Å². The minimum atomic E-state index is -3.27. The summed E-state index contributed by atoms with van der Waals surface area (Å²) in [7, 11) is -1.71. The molecule has 0 fully saturated rings. The molecule has 0 aromatic heterocycles. The topological polar surface area (TPSA) is 96.5 Å². The zero-order chi connectivity index (χ0) is 15.1. The molecular weight excluding hydrogens is 270 g/mol. The van der Waals surface area contributed by atoms with Gasteiger partial charge in [0.2, 0.25) is 15.9 Å². The van der Waals surface area contributed by atoms with Crippen LogP contribution in [0.1, 0.15) is 20.8 Å². The Morgan fingerprint density at radius 1 is 1.37 bits per heavy atom. The van der Waals surface area contributed by atoms with Gasteiger partial charge in [-0.05, 0) is 20.8 Å². The second-order valence-corrected chi connectivity index (χ2v) is 6.89. The molecule has 0 aliphatic carbocycles. The molecule has 19 heavy (non-hydrogen) atoms. The van der Waals surface area contributed by atoms with Crippen molar-refractivity contribution in [3.63, 3.8) is 0 Å². The van der Waals surface area contributed by atoms with Crippen LogP contribution in [-0.4, -0.2) is 59.0 Å². The van der Waals surface area contributed by atoms with Gasteiger partial charge in [-0.15, -0.1) is 0 Å². The molecule has 114 valence electrons. The third-order valence-corrected chi connectivity index (χ3v) is 3.23. The molecule has 0 radical (unpaired) electrons. The monoisotopic (exact) mass is 295 g/mol. The summed E-state index contributed by atoms with van der Waals surface area (Å²) in [5, 5.41) is 5.70. The van der Waals surface area contributed by atoms with E-state index in [0.29, 0.717) is 19.7 Å². The molecule has 0 aliphatic rings. The minimum absolute atomic E-state index is 0.146. The van der Waals surface area contributed by atoms with E-state index < -0.39 is 21.6 Å². The Kier molecular flexibility index (Phi) is 7.50. The first-order valence-electron chi connectivity index (χ1n) is 6.06. The van der Waals surface area contributed by atoms with Gasteiger partial charge >= 0.3 is 0 Å². The predicted octanol–water partition coefficient (Wildman–Crippen LogP) is -0.945. The van der Waals surface area contributed by atoms with Gasteiger partial charge in [-0.3, -0.25) is 4.79 Å². The molecular formula is C11H25N3O4S. The lowest BCUT2D eigenvalue weighted by molar-refractivity contribution is -0.123. The number of carbonyl (C=O) groups is 1. The van der Waals surface area contributed by atoms with Gasteiger partial charge in [-0.2, -0.15) is 0 Å². The minimum Gasteiger partial charge on any atom is -0.383 e. The standard InChI is InChI=1S/C11H25N3O4S/c1-9(10(15)12-6-7-18-4)13-8-11(2,3)14-19(5,16)17/h9,13-14H,6-8H2,1-5H3,(H,12,15). The van der Waals surface area contributed by atoms with Gasteiger partial charge in [-0.25, -0.2) is 13.1 Å². The first-order valence-corrected chi connectivity index (χ1v) is 7.95. The Bertz CT molecular complexity index is 381. The number of hydrogen-bond donors (Lipinski definition) is 3. The largest absolute Gasteiger partial charge is 0.383 e. The second-order valence-electron chi connectivity index (χ2n) is 5.14. The summed E-state index contributed by atoms with van der Waals surface area (Å²) in [6, 6.07) is -0.405. The van der Waals surface area contributed by atoms with Crippen LogP contribution >= 0.6 is 0 Å². The summed E-state index contributed by atoms with van der Waals surface area (Å²) in [5.41, 5.74) is -0.658. The summed E-state index contributed by atoms with van der Waals surface area (Å²) in [6.45, 7) is 6.47. The van der Waals surface area contributed by atoms with Gasteiger partial charge in [0.05, 0.1) is 18.9 Å². The first-order chi connectivity index (χ1) is 8.57. The van der Waals surface area contributed by atoms with Crippen molar-refractivity contribution in [3.05, 3.63) is 0 Å². The Hall–Kier alpha value is -0.700. The molecule has 0 bridgehead atoms. The number of carbonyl (C=O) groups excluding carboxylic acids is 1. The van der Waals surface area contributed by atoms with Crippen LogP contribution in [0.5, 0.6) is 0 Å². The highest BCUT2D eigenvalue weighted by Crippen LogP contribution is 2.02. The molecule has 0 saturated heterocycles. The SMILES string of the molecule is COCCNC(=O)C(C)NCC(C)(C)NS(C)(=O)=O. The van der Waals surface area contributed by atoms with Gasteiger partial charge in [0, 0.05) is 25.7 Å². The molecule has 0 spiro atoms. The van der Waals surface area contributed by atoms with Crippen molar-refractivity contribution in [3.8, 4) is 0 Å². The third kappa shape index (κ3) is 9.83. The highest BCUT2D eigenvalue weighted by atomic mass is 32.2. The van der Waals surface area contributed by atoms with Crippen molar-refractivity contribution in [2.75, 3.05) is 33.1 Å². The number of methoxy groups -OCH3 is 1. The number of amides is 1. The van der Waals surface area contributed by atoms with Crippen LogP contribution in [0.25, 0.3) is 0 Å². The molecule has 1 unspecified atom stereocenters. The molecule has 1 atom stereocenters. The van der Waals surface area contributed by atoms with Crippen molar-refractivity contribution in [2.24, 2.45) is 0 Å². The number of ether oxygens (including phenoxy) is 1. The molecule has 0 saturated carbocycles. The number of hydrogen-bond acceptors (Lipinski definition) is 5. The van der Waals surface area contributed by atoms with Crippen molar-refractivity contribution in [2.45, 2.75) is 32.4 Å². The Balaban J connectivity index is 4.13. The maximum atomic E-state index is 11.7. The predicted molar refractivity (Wildman–Crippen MR) is 74.4 cm³/mol. The fraction of sp³-hybridized carbons (Fsp3) is 0.909. The zero-order valence-corrected chi connectivity index (χ0v) is 13.1. The molecule has 3 N–H and O–H groups in total. The van der Waals surface area contributed by atoms with Crippen LogP contribution in [0.2, 0.25) is 0 Å². The van der Waals surface area contributed by atoms with E-state index in [1.165, 1.54) is 0 Å². The lowest BCUT2D eigenvalue weighted by Gasteiger charge is -2.27. The molecule has 0 aliphatic heterocycles. The Morgan fingerprint density at radius 3 is 2.42 bits per heavy atom. The van der Waals surface area contributed by atoms with Crippen LogP contribution < -0.4 is 15.4 Å². The van der Waals surface area contributed by atoms with Crippen molar-refractivity contribution >= 4 is 15.9 Å². The maximum absolute atomic E-state index is 11.7. The van der Waals surface area contributed by atoms with Crippen molar-refractivity contribution in [1.82, 2.24) is 15.4 Å². The van der Waals surface area contributed by atoms with Crippen molar-refractivity contribution < 1.29 is 17.9 Å². The summed E-state index contributed by atoms with van der Waals surface area (Å²) in [6.07, 6.45) is 1.11. The normalized spacial score (nSPS) is 14.2. The quantitative estimate of drug-likeness (QED) is 0.477. The number of sulfonamides is 1. The molecule has 0 rings (SSSR count). The fourth-order valence-electron chi connectivity index (χ4n) is 1.47. The van der Waals surface area contributed by atoms with Gasteiger partial charge in [-0.1, -0.05) is 0 Å². The van der Waals surface area contributed by atoms with E-state index in [4.69, 9.17) is 4.74 Å². The van der Waals surface area contributed by atoms with E-state index in [1.807, 2.05) is 0 Å². The molecule has 7 nitrogen and oxygen atoms in total. The highest BCUT2D eigenvalue weighted by molar-refractivity contribution is 7.88. The third-order valence-electron chi connectivity index (χ3n) is 2.31. The second kappa shape index (κ2) is 7.78. The molecule has 8 heteroatoms. The molecule has 0 aromatic rings. The maximum Gasteiger partial charge on any atom is 0.236 e. The highest BCUT2D eigenvalue weighted by Gasteiger charge is 2.23. The number of rotatable bonds is 9. The van der Waals surface area contributed by atoms with Gasteiger partial charge in [0.15, 0.2) is 0 Å². The fourth-order valence-corrected chi connectivity index (χ4v) is 2.54. The average molecular weight is 295 g/mol. The summed E-state index contributed by atoms with van der Waals surface area (Å²) < 4.78 is 29.7. The summed E-state index contributed by atoms with van der Waals surface area (Å²) in [4.78, 5) is 11.7. The van der Waals surface area contributed by atoms with E-state index >= 15 is 0 Å². The summed E-state index contributed by atoms with van der Waals surface area (Å²) in [5.74, 6) is -0.146. The van der Waals surface area contributed by atoms with Crippen LogP contribution in [0.15, 0.2) is 0 Å². The van der Waals surface area contributed by atoms with Crippen LogP contribution in [-0.2, 0) is 19.6 Å². The lowest BCUT2D eigenvalue weighted by atomic mass is 10.1. The average Bonchev–Trinajstić information content (AvgIpc) is 2.23. The van der Waals surface area contributed by atoms with E-state index in [0.717, 1.165) is 6.26 Å². The van der Waals surface area contributed by atoms with Crippen LogP contribution in [0.4, 0.5) is 0 Å². The lowest BCUT2D eigenvalue weighted by Crippen LogP contribution is -2.54. The zero-order valence-electron chi connectivity index (χ0n) is 12.2. The van der Waals surface area contributed by atoms with Crippen LogP contribution in [0.3, 0.4) is 0 Å². The van der Waals surface area contributed by atoms with E-state index in [-0.39, 0.29) is 5.91 Å². The van der Waals surface area contributed by atoms with Gasteiger partial charge in [0.1, 0.15) is 0 Å². The number of nitrogens with one attached hydrogen (secondary N) is 3. The Morgan fingerprint density at radius 2 is 1.95 bits per heavy atom. The van der Waals surface area contributed by atoms with Gasteiger partial charge in [0.25, 0.3) is 0 Å². The molecule has 0 heterocycles. The summed E-state index contributed by atoms with van der Waals surface area (Å²) >= 11 is 0. The van der Waals surface area contributed by atoms with E-state index in [1.54, 1.807) is 27.9 Å².